The van der Waals surface area contributed by atoms with Crippen LogP contribution in [0.25, 0.3) is 0 Å². The zero-order valence-corrected chi connectivity index (χ0v) is 12.4. The predicted octanol–water partition coefficient (Wildman–Crippen LogP) is 2.49. The first-order chi connectivity index (χ1) is 10.6. The molecule has 1 fully saturated rings. The highest BCUT2D eigenvalue weighted by atomic mass is 35.5. The van der Waals surface area contributed by atoms with E-state index in [-0.39, 0.29) is 11.8 Å². The lowest BCUT2D eigenvalue weighted by Gasteiger charge is -2.17. The van der Waals surface area contributed by atoms with Gasteiger partial charge in [0.25, 0.3) is 0 Å². The molecular weight excluding hydrogens is 306 g/mol. The number of aromatic nitrogens is 2. The van der Waals surface area contributed by atoms with Gasteiger partial charge in [-0.1, -0.05) is 17.7 Å². The molecule has 2 heterocycles. The van der Waals surface area contributed by atoms with E-state index in [2.05, 4.69) is 9.97 Å². The van der Waals surface area contributed by atoms with Gasteiger partial charge in [0.05, 0.1) is 18.9 Å². The monoisotopic (exact) mass is 319 g/mol. The first-order valence-electron chi connectivity index (χ1n) is 6.84. The highest BCUT2D eigenvalue weighted by molar-refractivity contribution is 6.30. The molecule has 1 saturated heterocycles. The Morgan fingerprint density at radius 2 is 2.23 bits per heavy atom. The van der Waals surface area contributed by atoms with Crippen molar-refractivity contribution >= 4 is 23.4 Å². The van der Waals surface area contributed by atoms with Crippen LogP contribution in [-0.2, 0) is 0 Å². The molecule has 0 bridgehead atoms. The normalized spacial score (nSPS) is 17.5. The lowest BCUT2D eigenvalue weighted by molar-refractivity contribution is 0.0690. The van der Waals surface area contributed by atoms with Crippen molar-refractivity contribution in [3.05, 3.63) is 47.4 Å². The Morgan fingerprint density at radius 3 is 2.91 bits per heavy atom. The topological polar surface area (TPSA) is 75.5 Å². The highest BCUT2D eigenvalue weighted by Crippen LogP contribution is 2.23. The fraction of sp³-hybridized carbons (Fsp3) is 0.267. The molecule has 6 nitrogen and oxygen atoms in total. The molecule has 1 aromatic heterocycles. The van der Waals surface area contributed by atoms with Gasteiger partial charge in [-0.05, 0) is 18.2 Å². The number of nitrogens with zero attached hydrogens (tertiary/aromatic N) is 3. The molecule has 0 amide bonds. The number of hydrogen-bond acceptors (Lipinski definition) is 5. The number of ether oxygens (including phenoxy) is 1. The van der Waals surface area contributed by atoms with Crippen LogP contribution < -0.4 is 9.64 Å². The zero-order valence-electron chi connectivity index (χ0n) is 11.6. The Balaban J connectivity index is 1.63. The van der Waals surface area contributed by atoms with Crippen molar-refractivity contribution < 1.29 is 14.6 Å². The molecule has 0 spiro atoms. The molecule has 0 saturated carbocycles. The molecule has 1 aromatic carbocycles. The molecule has 1 atom stereocenters. The third-order valence-electron chi connectivity index (χ3n) is 3.43. The molecular formula is C15H14ClN3O3. The molecule has 1 N–H and O–H groups in total. The molecule has 114 valence electrons. The average molecular weight is 320 g/mol. The van der Waals surface area contributed by atoms with Crippen LogP contribution in [0.5, 0.6) is 5.75 Å². The number of hydrogen-bond donors (Lipinski definition) is 1. The standard InChI is InChI=1S/C15H14ClN3O3/c16-10-2-1-3-11(6-10)22-12-4-5-19(9-12)14-8-17-13(7-18-14)15(20)21/h1-3,6-8,12H,4-5,9H2,(H,20,21). The van der Waals surface area contributed by atoms with Crippen molar-refractivity contribution in [2.24, 2.45) is 0 Å². The third-order valence-corrected chi connectivity index (χ3v) is 3.66. The van der Waals surface area contributed by atoms with Crippen LogP contribution in [0.2, 0.25) is 5.02 Å². The minimum atomic E-state index is -1.08. The Labute approximate surface area is 132 Å². The summed E-state index contributed by atoms with van der Waals surface area (Å²) in [5.41, 5.74) is -0.0605. The van der Waals surface area contributed by atoms with E-state index in [1.165, 1.54) is 12.4 Å². The van der Waals surface area contributed by atoms with Crippen molar-refractivity contribution in [1.82, 2.24) is 9.97 Å². The van der Waals surface area contributed by atoms with Gasteiger partial charge in [0.1, 0.15) is 17.7 Å². The fourth-order valence-electron chi connectivity index (χ4n) is 2.36. The molecule has 0 radical (unpaired) electrons. The molecule has 1 aliphatic rings. The summed E-state index contributed by atoms with van der Waals surface area (Å²) >= 11 is 5.94. The molecule has 22 heavy (non-hydrogen) atoms. The Hall–Kier alpha value is -2.34. The van der Waals surface area contributed by atoms with Gasteiger partial charge in [-0.3, -0.25) is 0 Å². The van der Waals surface area contributed by atoms with Gasteiger partial charge in [-0.15, -0.1) is 0 Å². The second kappa shape index (κ2) is 6.19. The van der Waals surface area contributed by atoms with Gasteiger partial charge in [-0.25, -0.2) is 14.8 Å². The summed E-state index contributed by atoms with van der Waals surface area (Å²) in [6, 6.07) is 7.30. The summed E-state index contributed by atoms with van der Waals surface area (Å²) in [6.07, 6.45) is 3.64. The SMILES string of the molecule is O=C(O)c1cnc(N2CCC(Oc3cccc(Cl)c3)C2)cn1. The molecule has 3 rings (SSSR count). The number of carbonyl (C=O) groups is 1. The van der Waals surface area contributed by atoms with Crippen LogP contribution in [0.1, 0.15) is 16.9 Å². The number of benzene rings is 1. The summed E-state index contributed by atoms with van der Waals surface area (Å²) in [7, 11) is 0. The number of anilines is 1. The Bertz CT molecular complexity index is 678. The Kier molecular flexibility index (Phi) is 4.11. The van der Waals surface area contributed by atoms with Crippen molar-refractivity contribution in [1.29, 1.82) is 0 Å². The summed E-state index contributed by atoms with van der Waals surface area (Å²) in [6.45, 7) is 1.46. The summed E-state index contributed by atoms with van der Waals surface area (Å²) in [4.78, 5) is 20.8. The largest absolute Gasteiger partial charge is 0.488 e. The van der Waals surface area contributed by atoms with Gasteiger partial charge in [0.2, 0.25) is 0 Å². The lowest BCUT2D eigenvalue weighted by atomic mass is 10.3. The fourth-order valence-corrected chi connectivity index (χ4v) is 2.54. The van der Waals surface area contributed by atoms with Crippen molar-refractivity contribution in [3.8, 4) is 5.75 Å². The molecule has 2 aromatic rings. The Morgan fingerprint density at radius 1 is 1.36 bits per heavy atom. The first kappa shape index (κ1) is 14.6. The van der Waals surface area contributed by atoms with Gasteiger partial charge >= 0.3 is 5.97 Å². The van der Waals surface area contributed by atoms with Crippen LogP contribution in [0, 0.1) is 0 Å². The van der Waals surface area contributed by atoms with E-state index < -0.39 is 5.97 Å². The van der Waals surface area contributed by atoms with E-state index in [0.717, 1.165) is 18.7 Å². The van der Waals surface area contributed by atoms with Crippen LogP contribution >= 0.6 is 11.6 Å². The van der Waals surface area contributed by atoms with E-state index in [4.69, 9.17) is 21.4 Å². The van der Waals surface area contributed by atoms with Crippen molar-refractivity contribution in [3.63, 3.8) is 0 Å². The maximum absolute atomic E-state index is 10.8. The summed E-state index contributed by atoms with van der Waals surface area (Å²) in [5, 5.41) is 9.46. The van der Waals surface area contributed by atoms with Gasteiger partial charge < -0.3 is 14.7 Å². The molecule has 1 unspecified atom stereocenters. The minimum Gasteiger partial charge on any atom is -0.488 e. The molecule has 7 heteroatoms. The lowest BCUT2D eigenvalue weighted by Crippen LogP contribution is -2.25. The second-order valence-corrected chi connectivity index (χ2v) is 5.43. The quantitative estimate of drug-likeness (QED) is 0.933. The first-order valence-corrected chi connectivity index (χ1v) is 7.22. The van der Waals surface area contributed by atoms with Crippen LogP contribution in [-0.4, -0.2) is 40.2 Å². The predicted molar refractivity (Wildman–Crippen MR) is 81.7 cm³/mol. The minimum absolute atomic E-state index is 0.0411. The van der Waals surface area contributed by atoms with Crippen LogP contribution in [0.3, 0.4) is 0 Å². The number of halogens is 1. The van der Waals surface area contributed by atoms with Gasteiger partial charge in [-0.2, -0.15) is 0 Å². The smallest absolute Gasteiger partial charge is 0.356 e. The number of rotatable bonds is 4. The zero-order chi connectivity index (χ0) is 15.5. The van der Waals surface area contributed by atoms with Gasteiger partial charge in [0.15, 0.2) is 5.69 Å². The van der Waals surface area contributed by atoms with Crippen molar-refractivity contribution in [2.45, 2.75) is 12.5 Å². The average Bonchev–Trinajstić information content (AvgIpc) is 2.96. The van der Waals surface area contributed by atoms with Gasteiger partial charge in [0, 0.05) is 18.0 Å². The maximum atomic E-state index is 10.8. The van der Waals surface area contributed by atoms with E-state index >= 15 is 0 Å². The summed E-state index contributed by atoms with van der Waals surface area (Å²) < 4.78 is 5.90. The maximum Gasteiger partial charge on any atom is 0.356 e. The molecule has 0 aliphatic carbocycles. The number of carboxylic acid groups (broad SMARTS) is 1. The highest BCUT2D eigenvalue weighted by Gasteiger charge is 2.25. The van der Waals surface area contributed by atoms with E-state index in [0.29, 0.717) is 17.4 Å². The second-order valence-electron chi connectivity index (χ2n) is 5.00. The summed E-state index contributed by atoms with van der Waals surface area (Å²) in [5.74, 6) is 0.316. The third kappa shape index (κ3) is 3.28. The van der Waals surface area contributed by atoms with E-state index in [9.17, 15) is 4.79 Å². The van der Waals surface area contributed by atoms with Crippen LogP contribution in [0.15, 0.2) is 36.7 Å². The van der Waals surface area contributed by atoms with Crippen LogP contribution in [0.4, 0.5) is 5.82 Å². The van der Waals surface area contributed by atoms with E-state index in [1.54, 1.807) is 12.1 Å². The number of aromatic carboxylic acids is 1. The van der Waals surface area contributed by atoms with Crippen molar-refractivity contribution in [2.75, 3.05) is 18.0 Å². The van der Waals surface area contributed by atoms with E-state index in [1.807, 2.05) is 17.0 Å². The number of carboxylic acids is 1. The molecule has 1 aliphatic heterocycles.